The van der Waals surface area contributed by atoms with E-state index in [1.165, 1.54) is 0 Å². The van der Waals surface area contributed by atoms with E-state index in [-0.39, 0.29) is 36.6 Å². The number of carbonyl (C=O) groups is 3. The van der Waals surface area contributed by atoms with Crippen LogP contribution in [0.5, 0.6) is 0 Å². The first kappa shape index (κ1) is 30.6. The Hall–Kier alpha value is -1.35. The lowest BCUT2D eigenvalue weighted by atomic mass is 10.1. The van der Waals surface area contributed by atoms with Crippen LogP contribution in [0.1, 0.15) is 66.2 Å². The van der Waals surface area contributed by atoms with Crippen molar-refractivity contribution in [2.75, 3.05) is 59.4 Å². The van der Waals surface area contributed by atoms with E-state index in [9.17, 15) is 14.4 Å². The summed E-state index contributed by atoms with van der Waals surface area (Å²) in [5, 5.41) is 2.84. The minimum absolute atomic E-state index is 0.0162. The van der Waals surface area contributed by atoms with E-state index in [4.69, 9.17) is 18.9 Å². The third-order valence-corrected chi connectivity index (χ3v) is 4.64. The Morgan fingerprint density at radius 3 is 1.97 bits per heavy atom. The summed E-state index contributed by atoms with van der Waals surface area (Å²) in [6.07, 6.45) is 4.76. The number of nitrogens with one attached hydrogen (secondary N) is 1. The van der Waals surface area contributed by atoms with Gasteiger partial charge in [0.25, 0.3) is 0 Å². The largest absolute Gasteiger partial charge is 0.379 e. The number of amides is 1. The molecule has 0 rings (SSSR count). The zero-order valence-corrected chi connectivity index (χ0v) is 20.6. The number of rotatable bonds is 23. The molecule has 1 amide bonds. The molecule has 1 N–H and O–H groups in total. The van der Waals surface area contributed by atoms with Gasteiger partial charge in [0, 0.05) is 31.9 Å². The predicted octanol–water partition coefficient (Wildman–Crippen LogP) is 2.96. The van der Waals surface area contributed by atoms with Crippen molar-refractivity contribution >= 4 is 17.5 Å². The highest BCUT2D eigenvalue weighted by Crippen LogP contribution is 2.07. The fraction of sp³-hybridized carbons (Fsp3) is 0.875. The van der Waals surface area contributed by atoms with E-state index in [1.54, 1.807) is 0 Å². The Morgan fingerprint density at radius 1 is 0.688 bits per heavy atom. The Kier molecular flexibility index (Phi) is 20.6. The monoisotopic (exact) mass is 459 g/mol. The van der Waals surface area contributed by atoms with Crippen molar-refractivity contribution < 1.29 is 33.3 Å². The van der Waals surface area contributed by atoms with Crippen LogP contribution in [0.25, 0.3) is 0 Å². The summed E-state index contributed by atoms with van der Waals surface area (Å²) < 4.78 is 21.3. The molecular formula is C24H45NO7. The van der Waals surface area contributed by atoms with Crippen LogP contribution in [0.2, 0.25) is 0 Å². The molecule has 0 aromatic heterocycles. The highest BCUT2D eigenvalue weighted by Gasteiger charge is 2.07. The Labute approximate surface area is 194 Å². The summed E-state index contributed by atoms with van der Waals surface area (Å²) in [6, 6.07) is 0. The molecule has 32 heavy (non-hydrogen) atoms. The van der Waals surface area contributed by atoms with Gasteiger partial charge in [0.2, 0.25) is 5.91 Å². The highest BCUT2D eigenvalue weighted by molar-refractivity contribution is 5.81. The Balaban J connectivity index is 3.33. The smallest absolute Gasteiger partial charge is 0.220 e. The number of ketones is 2. The summed E-state index contributed by atoms with van der Waals surface area (Å²) in [5.41, 5.74) is 0. The van der Waals surface area contributed by atoms with Crippen molar-refractivity contribution in [3.8, 4) is 0 Å². The van der Waals surface area contributed by atoms with E-state index in [0.29, 0.717) is 71.4 Å². The zero-order chi connectivity index (χ0) is 24.0. The lowest BCUT2D eigenvalue weighted by Crippen LogP contribution is -2.27. The zero-order valence-electron chi connectivity index (χ0n) is 20.6. The van der Waals surface area contributed by atoms with Crippen LogP contribution in [0.3, 0.4) is 0 Å². The van der Waals surface area contributed by atoms with Crippen LogP contribution >= 0.6 is 0 Å². The summed E-state index contributed by atoms with van der Waals surface area (Å²) in [7, 11) is 0. The van der Waals surface area contributed by atoms with Gasteiger partial charge in [-0.3, -0.25) is 14.4 Å². The van der Waals surface area contributed by atoms with Crippen LogP contribution in [0, 0.1) is 11.8 Å². The van der Waals surface area contributed by atoms with Gasteiger partial charge < -0.3 is 24.3 Å². The maximum absolute atomic E-state index is 11.7. The van der Waals surface area contributed by atoms with Gasteiger partial charge >= 0.3 is 0 Å². The molecule has 0 aliphatic heterocycles. The van der Waals surface area contributed by atoms with Crippen molar-refractivity contribution in [2.24, 2.45) is 11.8 Å². The molecule has 188 valence electrons. The van der Waals surface area contributed by atoms with E-state index < -0.39 is 0 Å². The molecular weight excluding hydrogens is 414 g/mol. The molecule has 0 radical (unpaired) electrons. The van der Waals surface area contributed by atoms with Gasteiger partial charge in [-0.2, -0.15) is 0 Å². The lowest BCUT2D eigenvalue weighted by Gasteiger charge is -2.08. The van der Waals surface area contributed by atoms with Gasteiger partial charge in [-0.05, 0) is 18.8 Å². The molecule has 0 saturated carbocycles. The van der Waals surface area contributed by atoms with Crippen molar-refractivity contribution in [3.05, 3.63) is 0 Å². The van der Waals surface area contributed by atoms with Gasteiger partial charge in [0.15, 0.2) is 11.6 Å². The summed E-state index contributed by atoms with van der Waals surface area (Å²) in [6.45, 7) is 11.2. The molecule has 0 unspecified atom stereocenters. The lowest BCUT2D eigenvalue weighted by molar-refractivity contribution is -0.127. The van der Waals surface area contributed by atoms with Gasteiger partial charge in [0.05, 0.1) is 33.0 Å². The Bertz CT molecular complexity index is 495. The fourth-order valence-electron chi connectivity index (χ4n) is 2.60. The molecule has 8 nitrogen and oxygen atoms in total. The molecule has 8 heteroatoms. The molecule has 0 heterocycles. The first-order valence-electron chi connectivity index (χ1n) is 11.9. The molecule has 0 saturated heterocycles. The minimum Gasteiger partial charge on any atom is -0.379 e. The van der Waals surface area contributed by atoms with Crippen molar-refractivity contribution in [1.82, 2.24) is 5.32 Å². The average molecular weight is 460 g/mol. The highest BCUT2D eigenvalue weighted by atomic mass is 16.5. The normalized spacial score (nSPS) is 11.3. The van der Waals surface area contributed by atoms with Gasteiger partial charge in [-0.15, -0.1) is 0 Å². The van der Waals surface area contributed by atoms with Crippen LogP contribution in [-0.4, -0.2) is 76.9 Å². The van der Waals surface area contributed by atoms with E-state index in [2.05, 4.69) is 19.2 Å². The second-order valence-corrected chi connectivity index (χ2v) is 8.58. The number of unbranched alkanes of at least 4 members (excludes halogenated alkanes) is 1. The first-order valence-corrected chi connectivity index (χ1v) is 11.9. The molecule has 0 aliphatic carbocycles. The topological polar surface area (TPSA) is 100 Å². The van der Waals surface area contributed by atoms with Gasteiger partial charge in [0.1, 0.15) is 13.2 Å². The van der Waals surface area contributed by atoms with Crippen LogP contribution in [0.4, 0.5) is 0 Å². The van der Waals surface area contributed by atoms with Crippen molar-refractivity contribution in [2.45, 2.75) is 66.2 Å². The number of ether oxygens (including phenoxy) is 4. The molecule has 0 atom stereocenters. The molecule has 0 spiro atoms. The molecule has 0 bridgehead atoms. The Morgan fingerprint density at radius 2 is 1.31 bits per heavy atom. The molecule has 0 fully saturated rings. The van der Waals surface area contributed by atoms with E-state index >= 15 is 0 Å². The maximum Gasteiger partial charge on any atom is 0.220 e. The average Bonchev–Trinajstić information content (AvgIpc) is 2.74. The quantitative estimate of drug-likeness (QED) is 0.235. The molecule has 0 aliphatic rings. The van der Waals surface area contributed by atoms with Gasteiger partial charge in [-0.25, -0.2) is 0 Å². The molecule has 0 aromatic rings. The van der Waals surface area contributed by atoms with Crippen LogP contribution in [0.15, 0.2) is 0 Å². The summed E-state index contributed by atoms with van der Waals surface area (Å²) in [4.78, 5) is 34.8. The standard InChI is InChI=1S/C24H45NO7/c1-20(2)8-5-6-10-24(28)25-11-13-30-15-16-31-18-22(26)9-7-12-29-14-17-32-19-23(27)21(3)4/h20-21H,5-19H2,1-4H3,(H,25,28). The number of carbonyl (C=O) groups excluding carboxylic acids is 3. The fourth-order valence-corrected chi connectivity index (χ4v) is 2.60. The first-order chi connectivity index (χ1) is 15.3. The van der Waals surface area contributed by atoms with Crippen LogP contribution < -0.4 is 5.32 Å². The van der Waals surface area contributed by atoms with Crippen molar-refractivity contribution in [3.63, 3.8) is 0 Å². The number of Topliss-reactive ketones (excluding diaryl/α,β-unsaturated/α-hetero) is 2. The number of hydrogen-bond donors (Lipinski definition) is 1. The third kappa shape index (κ3) is 21.9. The summed E-state index contributed by atoms with van der Waals surface area (Å²) in [5.74, 6) is 0.838. The van der Waals surface area contributed by atoms with Gasteiger partial charge in [-0.1, -0.05) is 40.5 Å². The maximum atomic E-state index is 11.7. The second kappa shape index (κ2) is 21.5. The summed E-state index contributed by atoms with van der Waals surface area (Å²) >= 11 is 0. The number of hydrogen-bond acceptors (Lipinski definition) is 7. The predicted molar refractivity (Wildman–Crippen MR) is 124 cm³/mol. The van der Waals surface area contributed by atoms with Crippen LogP contribution in [-0.2, 0) is 33.3 Å². The third-order valence-electron chi connectivity index (χ3n) is 4.64. The van der Waals surface area contributed by atoms with E-state index in [0.717, 1.165) is 19.3 Å². The SMILES string of the molecule is CC(C)CCCCC(=O)NCCOCCOCC(=O)CCCOCCOCC(=O)C(C)C. The second-order valence-electron chi connectivity index (χ2n) is 8.58. The molecule has 0 aromatic carbocycles. The van der Waals surface area contributed by atoms with E-state index in [1.807, 2.05) is 13.8 Å². The van der Waals surface area contributed by atoms with Crippen molar-refractivity contribution in [1.29, 1.82) is 0 Å². The minimum atomic E-state index is -0.0162.